The second-order valence-corrected chi connectivity index (χ2v) is 13.4. The highest BCUT2D eigenvalue weighted by Gasteiger charge is 2.26. The Morgan fingerprint density at radius 2 is 1.54 bits per heavy atom. The van der Waals surface area contributed by atoms with Gasteiger partial charge < -0.3 is 9.64 Å². The lowest BCUT2D eigenvalue weighted by Crippen LogP contribution is -2.39. The van der Waals surface area contributed by atoms with E-state index in [0.29, 0.717) is 47.7 Å². The molecule has 1 aliphatic rings. The van der Waals surface area contributed by atoms with E-state index in [9.17, 15) is 17.5 Å². The monoisotopic (exact) mass is 586 g/mol. The van der Waals surface area contributed by atoms with E-state index in [1.807, 2.05) is 42.5 Å². The summed E-state index contributed by atoms with van der Waals surface area (Å²) in [7, 11) is -6.26. The second kappa shape index (κ2) is 13.2. The predicted molar refractivity (Wildman–Crippen MR) is 154 cm³/mol. The highest BCUT2D eigenvalue weighted by Crippen LogP contribution is 2.40. The molecule has 37 heavy (non-hydrogen) atoms. The van der Waals surface area contributed by atoms with Crippen molar-refractivity contribution in [1.29, 1.82) is 0 Å². The van der Waals surface area contributed by atoms with Crippen molar-refractivity contribution in [2.75, 3.05) is 42.1 Å². The van der Waals surface area contributed by atoms with Crippen molar-refractivity contribution in [3.8, 4) is 5.75 Å². The third-order valence-electron chi connectivity index (χ3n) is 6.08. The standard InChI is InChI=1S/C26H31ClN2O5S2.ClH/c27-23-11-13-25(14-12-23)36(32,33)29(24-8-2-1-3-9-24)21-22-7-4-5-10-26(22)34-18-6-15-28-16-19-35(30,31)20-17-28;/h1-5,7-14,30-31H,6,15-21H2;1H. The average molecular weight is 588 g/mol. The third kappa shape index (κ3) is 8.00. The predicted octanol–water partition coefficient (Wildman–Crippen LogP) is 5.99. The van der Waals surface area contributed by atoms with Crippen molar-refractivity contribution in [3.63, 3.8) is 0 Å². The number of hydrogen-bond donors (Lipinski definition) is 2. The van der Waals surface area contributed by atoms with Crippen LogP contribution in [0.5, 0.6) is 5.75 Å². The molecule has 1 heterocycles. The first-order valence-corrected chi connectivity index (χ1v) is 15.4. The van der Waals surface area contributed by atoms with E-state index < -0.39 is 20.6 Å². The molecule has 0 saturated carbocycles. The summed E-state index contributed by atoms with van der Waals surface area (Å²) < 4.78 is 54.3. The van der Waals surface area contributed by atoms with Crippen LogP contribution in [0.25, 0.3) is 0 Å². The first-order chi connectivity index (χ1) is 17.2. The van der Waals surface area contributed by atoms with E-state index >= 15 is 0 Å². The Kier molecular flexibility index (Phi) is 10.5. The number of hydrogen-bond acceptors (Lipinski definition) is 6. The van der Waals surface area contributed by atoms with E-state index in [1.54, 1.807) is 24.3 Å². The maximum absolute atomic E-state index is 13.6. The van der Waals surface area contributed by atoms with Crippen LogP contribution < -0.4 is 9.04 Å². The summed E-state index contributed by atoms with van der Waals surface area (Å²) in [6.07, 6.45) is 0.777. The van der Waals surface area contributed by atoms with Gasteiger partial charge in [0.15, 0.2) is 0 Å². The zero-order valence-electron chi connectivity index (χ0n) is 20.3. The molecule has 0 amide bonds. The Morgan fingerprint density at radius 1 is 0.919 bits per heavy atom. The van der Waals surface area contributed by atoms with E-state index in [4.69, 9.17) is 16.3 Å². The lowest BCUT2D eigenvalue weighted by Gasteiger charge is -2.40. The van der Waals surface area contributed by atoms with E-state index in [0.717, 1.165) is 18.5 Å². The summed E-state index contributed by atoms with van der Waals surface area (Å²) in [5.41, 5.74) is 1.31. The summed E-state index contributed by atoms with van der Waals surface area (Å²) >= 11 is 5.98. The zero-order chi connectivity index (χ0) is 25.6. The normalized spacial score (nSPS) is 16.4. The molecule has 3 aromatic rings. The molecule has 3 aromatic carbocycles. The van der Waals surface area contributed by atoms with Crippen LogP contribution >= 0.6 is 34.6 Å². The van der Waals surface area contributed by atoms with Gasteiger partial charge in [-0.3, -0.25) is 13.4 Å². The van der Waals surface area contributed by atoms with E-state index in [-0.39, 0.29) is 23.8 Å². The summed E-state index contributed by atoms with van der Waals surface area (Å²) in [5.74, 6) is 1.49. The highest BCUT2D eigenvalue weighted by atomic mass is 35.5. The molecular formula is C26H32Cl2N2O5S2. The fourth-order valence-corrected chi connectivity index (χ4v) is 6.91. The van der Waals surface area contributed by atoms with Gasteiger partial charge in [0.05, 0.1) is 35.2 Å². The smallest absolute Gasteiger partial charge is 0.264 e. The number of nitrogens with zero attached hydrogens (tertiary/aromatic N) is 2. The topological polar surface area (TPSA) is 90.3 Å². The maximum atomic E-state index is 13.6. The molecule has 0 unspecified atom stereocenters. The molecule has 0 aromatic heterocycles. The van der Waals surface area contributed by atoms with Crippen LogP contribution in [-0.4, -0.2) is 60.2 Å². The van der Waals surface area contributed by atoms with Gasteiger partial charge in [0.25, 0.3) is 10.0 Å². The summed E-state index contributed by atoms with van der Waals surface area (Å²) in [4.78, 5) is 2.37. The Balaban J connectivity index is 0.00000380. The number of sulfonamides is 1. The second-order valence-electron chi connectivity index (χ2n) is 8.66. The van der Waals surface area contributed by atoms with Gasteiger partial charge >= 0.3 is 0 Å². The van der Waals surface area contributed by atoms with Gasteiger partial charge in [0, 0.05) is 30.2 Å². The maximum Gasteiger partial charge on any atom is 0.264 e. The van der Waals surface area contributed by atoms with Crippen LogP contribution in [0, 0.1) is 0 Å². The minimum absolute atomic E-state index is 0. The molecule has 0 aliphatic carbocycles. The number of anilines is 1. The van der Waals surface area contributed by atoms with Crippen molar-refractivity contribution < 1.29 is 22.3 Å². The Bertz CT molecular complexity index is 1240. The van der Waals surface area contributed by atoms with Crippen LogP contribution in [0.1, 0.15) is 12.0 Å². The van der Waals surface area contributed by atoms with Crippen molar-refractivity contribution in [2.45, 2.75) is 17.9 Å². The lowest BCUT2D eigenvalue weighted by molar-refractivity contribution is 0.241. The first-order valence-electron chi connectivity index (χ1n) is 11.7. The highest BCUT2D eigenvalue weighted by molar-refractivity contribution is 8.24. The summed E-state index contributed by atoms with van der Waals surface area (Å²) in [6.45, 7) is 2.73. The Labute approximate surface area is 231 Å². The number of rotatable bonds is 10. The van der Waals surface area contributed by atoms with Gasteiger partial charge in [-0.1, -0.05) is 48.0 Å². The molecule has 11 heteroatoms. The molecule has 0 atom stereocenters. The Morgan fingerprint density at radius 3 is 2.22 bits per heavy atom. The van der Waals surface area contributed by atoms with Gasteiger partial charge in [0.2, 0.25) is 0 Å². The quantitative estimate of drug-likeness (QED) is 0.283. The molecule has 1 fully saturated rings. The van der Waals surface area contributed by atoms with Crippen molar-refractivity contribution in [2.24, 2.45) is 0 Å². The Hall–Kier alpha value is -1.98. The average Bonchev–Trinajstić information content (AvgIpc) is 2.87. The minimum atomic E-state index is -3.86. The number of ether oxygens (including phenoxy) is 1. The molecule has 0 bridgehead atoms. The molecule has 2 N–H and O–H groups in total. The first kappa shape index (κ1) is 29.6. The minimum Gasteiger partial charge on any atom is -0.493 e. The molecule has 0 spiro atoms. The molecule has 0 radical (unpaired) electrons. The van der Waals surface area contributed by atoms with Gasteiger partial charge in [-0.15, -0.1) is 12.4 Å². The van der Waals surface area contributed by atoms with Crippen LogP contribution in [0.2, 0.25) is 5.02 Å². The van der Waals surface area contributed by atoms with Crippen LogP contribution in [0.3, 0.4) is 0 Å². The largest absolute Gasteiger partial charge is 0.493 e. The number of halogens is 2. The molecule has 4 rings (SSSR count). The van der Waals surface area contributed by atoms with Gasteiger partial charge in [0.1, 0.15) is 5.75 Å². The van der Waals surface area contributed by atoms with Gasteiger partial charge in [-0.05, 0) is 48.9 Å². The number of para-hydroxylation sites is 2. The molecule has 7 nitrogen and oxygen atoms in total. The van der Waals surface area contributed by atoms with Crippen molar-refractivity contribution >= 4 is 50.3 Å². The molecule has 202 valence electrons. The SMILES string of the molecule is Cl.O=S(=O)(c1ccc(Cl)cc1)N(Cc1ccccc1OCCCN1CCS(O)(O)CC1)c1ccccc1. The molecule has 1 aliphatic heterocycles. The van der Waals surface area contributed by atoms with Gasteiger partial charge in [-0.2, -0.15) is 10.6 Å². The van der Waals surface area contributed by atoms with Crippen LogP contribution in [0.4, 0.5) is 5.69 Å². The summed E-state index contributed by atoms with van der Waals surface area (Å²) in [6, 6.07) is 22.6. The van der Waals surface area contributed by atoms with E-state index in [2.05, 4.69) is 4.90 Å². The fraction of sp³-hybridized carbons (Fsp3) is 0.308. The third-order valence-corrected chi connectivity index (χ3v) is 9.79. The summed E-state index contributed by atoms with van der Waals surface area (Å²) in [5, 5.41) is 0.469. The van der Waals surface area contributed by atoms with Gasteiger partial charge in [-0.25, -0.2) is 8.42 Å². The molecular weight excluding hydrogens is 555 g/mol. The zero-order valence-corrected chi connectivity index (χ0v) is 23.5. The van der Waals surface area contributed by atoms with Crippen molar-refractivity contribution in [3.05, 3.63) is 89.4 Å². The number of benzene rings is 3. The van der Waals surface area contributed by atoms with E-state index in [1.165, 1.54) is 16.4 Å². The van der Waals surface area contributed by atoms with Crippen LogP contribution in [0.15, 0.2) is 83.8 Å². The molecule has 1 saturated heterocycles. The lowest BCUT2D eigenvalue weighted by atomic mass is 10.2. The van der Waals surface area contributed by atoms with Crippen LogP contribution in [-0.2, 0) is 16.6 Å². The fourth-order valence-electron chi connectivity index (χ4n) is 4.03. The van der Waals surface area contributed by atoms with Crippen molar-refractivity contribution in [1.82, 2.24) is 4.90 Å².